The van der Waals surface area contributed by atoms with Crippen LogP contribution in [0.5, 0.6) is 0 Å². The van der Waals surface area contributed by atoms with Crippen LogP contribution in [-0.4, -0.2) is 35.6 Å². The number of nitrogens with zero attached hydrogens (tertiary/aromatic N) is 1. The third-order valence-electron chi connectivity index (χ3n) is 3.46. The summed E-state index contributed by atoms with van der Waals surface area (Å²) in [5.74, 6) is -0.0776. The van der Waals surface area contributed by atoms with Crippen LogP contribution in [0, 0.1) is 6.92 Å². The van der Waals surface area contributed by atoms with E-state index in [9.17, 15) is 4.79 Å². The van der Waals surface area contributed by atoms with E-state index < -0.39 is 0 Å². The van der Waals surface area contributed by atoms with Gasteiger partial charge < -0.3 is 15.7 Å². The Bertz CT molecular complexity index is 412. The minimum atomic E-state index is -0.0776. The zero-order valence-electron chi connectivity index (χ0n) is 12.6. The van der Waals surface area contributed by atoms with Crippen molar-refractivity contribution in [3.05, 3.63) is 29.3 Å². The number of rotatable bonds is 8. The molecule has 1 aromatic rings. The first-order valence-corrected chi connectivity index (χ1v) is 7.37. The van der Waals surface area contributed by atoms with Crippen molar-refractivity contribution in [1.29, 1.82) is 0 Å². The second-order valence-electron chi connectivity index (χ2n) is 5.12. The van der Waals surface area contributed by atoms with Crippen LogP contribution in [0.2, 0.25) is 0 Å². The molecule has 3 N–H and O–H groups in total. The molecule has 0 aliphatic carbocycles. The van der Waals surface area contributed by atoms with Crippen molar-refractivity contribution in [2.24, 2.45) is 0 Å². The number of amides is 1. The van der Waals surface area contributed by atoms with Gasteiger partial charge >= 0.3 is 0 Å². The lowest BCUT2D eigenvalue weighted by molar-refractivity contribution is 0.0719. The Balaban J connectivity index is 2.77. The van der Waals surface area contributed by atoms with E-state index in [2.05, 4.69) is 6.92 Å². The molecule has 0 aromatic heterocycles. The molecule has 0 radical (unpaired) electrons. The molecule has 0 heterocycles. The van der Waals surface area contributed by atoms with Gasteiger partial charge in [-0.05, 0) is 25.0 Å². The average molecular weight is 278 g/mol. The number of unbranched alkanes of at least 4 members (excludes halogenated alkanes) is 3. The smallest absolute Gasteiger partial charge is 0.256 e. The number of aliphatic hydroxyl groups excluding tert-OH is 1. The van der Waals surface area contributed by atoms with Crippen molar-refractivity contribution in [3.8, 4) is 0 Å². The minimum absolute atomic E-state index is 0.0225. The van der Waals surface area contributed by atoms with E-state index >= 15 is 0 Å². The summed E-state index contributed by atoms with van der Waals surface area (Å²) in [6.07, 6.45) is 4.41. The van der Waals surface area contributed by atoms with Gasteiger partial charge in [-0.2, -0.15) is 0 Å². The zero-order chi connectivity index (χ0) is 15.0. The van der Waals surface area contributed by atoms with E-state index in [0.29, 0.717) is 24.3 Å². The predicted molar refractivity (Wildman–Crippen MR) is 82.7 cm³/mol. The molecule has 4 nitrogen and oxygen atoms in total. The second-order valence-corrected chi connectivity index (χ2v) is 5.12. The average Bonchev–Trinajstić information content (AvgIpc) is 2.42. The van der Waals surface area contributed by atoms with E-state index in [1.165, 1.54) is 12.8 Å². The van der Waals surface area contributed by atoms with Gasteiger partial charge in [0.05, 0.1) is 12.2 Å². The van der Waals surface area contributed by atoms with Gasteiger partial charge in [-0.15, -0.1) is 0 Å². The van der Waals surface area contributed by atoms with Crippen molar-refractivity contribution in [2.45, 2.75) is 39.5 Å². The van der Waals surface area contributed by atoms with Gasteiger partial charge in [0.15, 0.2) is 0 Å². The minimum Gasteiger partial charge on any atom is -0.398 e. The quantitative estimate of drug-likeness (QED) is 0.567. The predicted octanol–water partition coefficient (Wildman–Crippen LogP) is 2.59. The maximum Gasteiger partial charge on any atom is 0.256 e. The number of aryl methyl sites for hydroxylation is 1. The van der Waals surface area contributed by atoms with Crippen LogP contribution < -0.4 is 5.73 Å². The molecule has 0 bridgehead atoms. The first-order chi connectivity index (χ1) is 9.61. The highest BCUT2D eigenvalue weighted by Gasteiger charge is 2.19. The van der Waals surface area contributed by atoms with Crippen molar-refractivity contribution in [2.75, 3.05) is 25.4 Å². The fourth-order valence-electron chi connectivity index (χ4n) is 2.31. The maximum absolute atomic E-state index is 12.6. The molecule has 0 unspecified atom stereocenters. The van der Waals surface area contributed by atoms with Gasteiger partial charge in [-0.1, -0.05) is 38.3 Å². The molecule has 20 heavy (non-hydrogen) atoms. The van der Waals surface area contributed by atoms with Crippen LogP contribution in [0.3, 0.4) is 0 Å². The molecular formula is C16H26N2O2. The third-order valence-corrected chi connectivity index (χ3v) is 3.46. The SMILES string of the molecule is CCCCCCN(CCO)C(=O)c1c(C)cccc1N. The fourth-order valence-corrected chi connectivity index (χ4v) is 2.31. The number of aliphatic hydroxyl groups is 1. The molecule has 1 aromatic carbocycles. The largest absolute Gasteiger partial charge is 0.398 e. The number of hydrogen-bond acceptors (Lipinski definition) is 3. The second kappa shape index (κ2) is 8.59. The Morgan fingerprint density at radius 1 is 1.25 bits per heavy atom. The highest BCUT2D eigenvalue weighted by atomic mass is 16.3. The molecular weight excluding hydrogens is 252 g/mol. The Hall–Kier alpha value is -1.55. The molecule has 4 heteroatoms. The Morgan fingerprint density at radius 3 is 2.60 bits per heavy atom. The molecule has 0 fully saturated rings. The molecule has 0 saturated carbocycles. The van der Waals surface area contributed by atoms with Crippen LogP contribution >= 0.6 is 0 Å². The topological polar surface area (TPSA) is 66.6 Å². The van der Waals surface area contributed by atoms with Gasteiger partial charge in [0.1, 0.15) is 0 Å². The summed E-state index contributed by atoms with van der Waals surface area (Å²) in [7, 11) is 0. The number of carbonyl (C=O) groups excluding carboxylic acids is 1. The summed E-state index contributed by atoms with van der Waals surface area (Å²) in [5, 5.41) is 9.15. The van der Waals surface area contributed by atoms with E-state index in [-0.39, 0.29) is 12.5 Å². The zero-order valence-corrected chi connectivity index (χ0v) is 12.6. The number of anilines is 1. The molecule has 112 valence electrons. The molecule has 1 amide bonds. The van der Waals surface area contributed by atoms with Crippen LogP contribution in [0.4, 0.5) is 5.69 Å². The number of nitrogen functional groups attached to an aromatic ring is 1. The van der Waals surface area contributed by atoms with E-state index in [1.54, 1.807) is 11.0 Å². The van der Waals surface area contributed by atoms with Gasteiger partial charge in [0.2, 0.25) is 0 Å². The van der Waals surface area contributed by atoms with Crippen molar-refractivity contribution in [1.82, 2.24) is 4.90 Å². The number of benzene rings is 1. The Kier molecular flexibility index (Phi) is 7.09. The maximum atomic E-state index is 12.6. The van der Waals surface area contributed by atoms with Crippen LogP contribution in [0.25, 0.3) is 0 Å². The molecule has 1 rings (SSSR count). The summed E-state index contributed by atoms with van der Waals surface area (Å²) < 4.78 is 0. The molecule has 0 aliphatic heterocycles. The monoisotopic (exact) mass is 278 g/mol. The third kappa shape index (κ3) is 4.53. The van der Waals surface area contributed by atoms with Crippen molar-refractivity contribution in [3.63, 3.8) is 0 Å². The summed E-state index contributed by atoms with van der Waals surface area (Å²) in [4.78, 5) is 14.3. The number of carbonyl (C=O) groups is 1. The Morgan fingerprint density at radius 2 is 2.00 bits per heavy atom. The lowest BCUT2D eigenvalue weighted by atomic mass is 10.0. The lowest BCUT2D eigenvalue weighted by Gasteiger charge is -2.23. The summed E-state index contributed by atoms with van der Waals surface area (Å²) >= 11 is 0. The normalized spacial score (nSPS) is 10.6. The summed E-state index contributed by atoms with van der Waals surface area (Å²) in [6, 6.07) is 5.48. The molecule has 0 atom stereocenters. The van der Waals surface area contributed by atoms with E-state index in [0.717, 1.165) is 18.4 Å². The lowest BCUT2D eigenvalue weighted by Crippen LogP contribution is -2.35. The van der Waals surface area contributed by atoms with E-state index in [4.69, 9.17) is 10.8 Å². The van der Waals surface area contributed by atoms with Gasteiger partial charge in [0, 0.05) is 18.8 Å². The van der Waals surface area contributed by atoms with Crippen molar-refractivity contribution < 1.29 is 9.90 Å². The Labute approximate surface area is 121 Å². The summed E-state index contributed by atoms with van der Waals surface area (Å²) in [5.41, 5.74) is 7.88. The van der Waals surface area contributed by atoms with Crippen LogP contribution in [-0.2, 0) is 0 Å². The van der Waals surface area contributed by atoms with Crippen LogP contribution in [0.15, 0.2) is 18.2 Å². The first kappa shape index (κ1) is 16.5. The standard InChI is InChI=1S/C16H26N2O2/c1-3-4-5-6-10-18(11-12-19)16(20)15-13(2)8-7-9-14(15)17/h7-9,19H,3-6,10-12,17H2,1-2H3. The van der Waals surface area contributed by atoms with Gasteiger partial charge in [0.25, 0.3) is 5.91 Å². The highest BCUT2D eigenvalue weighted by Crippen LogP contribution is 2.19. The fraction of sp³-hybridized carbons (Fsp3) is 0.562. The highest BCUT2D eigenvalue weighted by molar-refractivity contribution is 6.00. The molecule has 0 aliphatic rings. The van der Waals surface area contributed by atoms with E-state index in [1.807, 2.05) is 19.1 Å². The summed E-state index contributed by atoms with van der Waals surface area (Å²) in [6.45, 7) is 5.06. The molecule has 0 saturated heterocycles. The number of nitrogens with two attached hydrogens (primary N) is 1. The number of hydrogen-bond donors (Lipinski definition) is 2. The van der Waals surface area contributed by atoms with Gasteiger partial charge in [-0.3, -0.25) is 4.79 Å². The van der Waals surface area contributed by atoms with Crippen molar-refractivity contribution >= 4 is 11.6 Å². The van der Waals surface area contributed by atoms with Crippen LogP contribution in [0.1, 0.15) is 48.5 Å². The van der Waals surface area contributed by atoms with Gasteiger partial charge in [-0.25, -0.2) is 0 Å². The first-order valence-electron chi connectivity index (χ1n) is 7.37. The molecule has 0 spiro atoms.